The lowest BCUT2D eigenvalue weighted by atomic mass is 9.97. The second-order valence-electron chi connectivity index (χ2n) is 8.44. The van der Waals surface area contributed by atoms with Gasteiger partial charge in [-0.3, -0.25) is 0 Å². The van der Waals surface area contributed by atoms with Crippen LogP contribution >= 0.6 is 0 Å². The summed E-state index contributed by atoms with van der Waals surface area (Å²) in [5.41, 5.74) is 13.3. The van der Waals surface area contributed by atoms with Crippen LogP contribution in [0, 0.1) is 5.92 Å². The highest BCUT2D eigenvalue weighted by Gasteiger charge is 2.10. The Morgan fingerprint density at radius 3 is 2.21 bits per heavy atom. The maximum Gasteiger partial charge on any atom is 0.343 e. The van der Waals surface area contributed by atoms with Crippen LogP contribution in [0.3, 0.4) is 0 Å². The SMILES string of the molecule is CCCCC[C@H](C)CCCCOC(=O)/C=C/c1ccc(OC(=O)c2cc(N)cc(N)c2)cc1. The molecule has 0 saturated heterocycles. The van der Waals surface area contributed by atoms with Crippen molar-refractivity contribution >= 4 is 29.4 Å². The number of carbonyl (C=O) groups excluding carboxylic acids is 2. The van der Waals surface area contributed by atoms with Crippen molar-refractivity contribution in [3.8, 4) is 5.75 Å². The molecule has 178 valence electrons. The molecule has 0 bridgehead atoms. The molecule has 0 aliphatic rings. The number of nitrogens with two attached hydrogens (primary N) is 2. The van der Waals surface area contributed by atoms with E-state index in [0.717, 1.165) is 24.3 Å². The molecule has 6 nitrogen and oxygen atoms in total. The molecule has 0 saturated carbocycles. The van der Waals surface area contributed by atoms with E-state index in [1.54, 1.807) is 36.4 Å². The van der Waals surface area contributed by atoms with Crippen LogP contribution in [0.25, 0.3) is 6.08 Å². The number of nitrogen functional groups attached to an aromatic ring is 2. The number of rotatable bonds is 13. The minimum Gasteiger partial charge on any atom is -0.463 e. The van der Waals surface area contributed by atoms with Crippen LogP contribution in [-0.2, 0) is 9.53 Å². The molecule has 0 aliphatic carbocycles. The van der Waals surface area contributed by atoms with E-state index in [1.165, 1.54) is 50.3 Å². The van der Waals surface area contributed by atoms with Crippen molar-refractivity contribution < 1.29 is 19.1 Å². The first kappa shape index (κ1) is 26.0. The standard InChI is InChI=1S/C27H36N2O4/c1-3-4-5-8-20(2)9-6-7-16-32-26(30)15-12-21-10-13-25(14-11-21)33-27(31)22-17-23(28)19-24(29)18-22/h10-15,17-20H,3-9,16,28-29H2,1-2H3/b15-12+/t20-/m0/s1. The molecule has 0 aromatic heterocycles. The van der Waals surface area contributed by atoms with Crippen molar-refractivity contribution in [1.82, 2.24) is 0 Å². The number of esters is 2. The second kappa shape index (κ2) is 14.0. The number of ether oxygens (including phenoxy) is 2. The van der Waals surface area contributed by atoms with E-state index in [4.69, 9.17) is 20.9 Å². The molecular weight excluding hydrogens is 416 g/mol. The van der Waals surface area contributed by atoms with Crippen molar-refractivity contribution in [3.05, 3.63) is 59.7 Å². The van der Waals surface area contributed by atoms with Crippen LogP contribution in [-0.4, -0.2) is 18.5 Å². The quantitative estimate of drug-likeness (QED) is 0.127. The summed E-state index contributed by atoms with van der Waals surface area (Å²) in [6.07, 6.45) is 11.4. The highest BCUT2D eigenvalue weighted by molar-refractivity contribution is 5.93. The second-order valence-corrected chi connectivity index (χ2v) is 8.44. The fourth-order valence-corrected chi connectivity index (χ4v) is 3.47. The van der Waals surface area contributed by atoms with Crippen LogP contribution in [0.4, 0.5) is 11.4 Å². The first-order valence-electron chi connectivity index (χ1n) is 11.7. The van der Waals surface area contributed by atoms with Crippen LogP contribution in [0.2, 0.25) is 0 Å². The zero-order chi connectivity index (χ0) is 24.1. The predicted octanol–water partition coefficient (Wildman–Crippen LogP) is 6.01. The van der Waals surface area contributed by atoms with E-state index in [1.807, 2.05) is 0 Å². The fourth-order valence-electron chi connectivity index (χ4n) is 3.47. The van der Waals surface area contributed by atoms with E-state index < -0.39 is 5.97 Å². The molecule has 0 fully saturated rings. The van der Waals surface area contributed by atoms with Gasteiger partial charge in [-0.2, -0.15) is 0 Å². The van der Waals surface area contributed by atoms with E-state index in [9.17, 15) is 9.59 Å². The van der Waals surface area contributed by atoms with Gasteiger partial charge in [-0.05, 0) is 60.7 Å². The first-order chi connectivity index (χ1) is 15.9. The minimum absolute atomic E-state index is 0.283. The van der Waals surface area contributed by atoms with Gasteiger partial charge in [0.2, 0.25) is 0 Å². The van der Waals surface area contributed by atoms with Gasteiger partial charge >= 0.3 is 11.9 Å². The number of benzene rings is 2. The number of unbranched alkanes of at least 4 members (excludes halogenated alkanes) is 3. The summed E-state index contributed by atoms with van der Waals surface area (Å²) in [5, 5.41) is 0. The summed E-state index contributed by atoms with van der Waals surface area (Å²) >= 11 is 0. The third kappa shape index (κ3) is 10.3. The summed E-state index contributed by atoms with van der Waals surface area (Å²) in [6, 6.07) is 11.4. The number of hydrogen-bond acceptors (Lipinski definition) is 6. The molecule has 0 radical (unpaired) electrons. The van der Waals surface area contributed by atoms with Crippen molar-refractivity contribution in [2.45, 2.75) is 58.8 Å². The van der Waals surface area contributed by atoms with E-state index in [-0.39, 0.29) is 11.5 Å². The Morgan fingerprint density at radius 1 is 0.939 bits per heavy atom. The Balaban J connectivity index is 1.70. The van der Waals surface area contributed by atoms with Gasteiger partial charge < -0.3 is 20.9 Å². The smallest absolute Gasteiger partial charge is 0.343 e. The topological polar surface area (TPSA) is 105 Å². The summed E-state index contributed by atoms with van der Waals surface area (Å²) in [7, 11) is 0. The van der Waals surface area contributed by atoms with E-state index >= 15 is 0 Å². The van der Waals surface area contributed by atoms with E-state index in [2.05, 4.69) is 13.8 Å². The lowest BCUT2D eigenvalue weighted by Crippen LogP contribution is -2.09. The molecule has 2 aromatic carbocycles. The predicted molar refractivity (Wildman–Crippen MR) is 134 cm³/mol. The van der Waals surface area contributed by atoms with Crippen LogP contribution in [0.5, 0.6) is 5.75 Å². The van der Waals surface area contributed by atoms with Gasteiger partial charge in [0.1, 0.15) is 5.75 Å². The van der Waals surface area contributed by atoms with Gasteiger partial charge in [-0.1, -0.05) is 58.1 Å². The number of anilines is 2. The lowest BCUT2D eigenvalue weighted by Gasteiger charge is -2.10. The third-order valence-corrected chi connectivity index (χ3v) is 5.35. The molecule has 0 aliphatic heterocycles. The van der Waals surface area contributed by atoms with Gasteiger partial charge in [0, 0.05) is 17.5 Å². The van der Waals surface area contributed by atoms with Gasteiger partial charge in [0.25, 0.3) is 0 Å². The molecule has 2 rings (SSSR count). The van der Waals surface area contributed by atoms with E-state index in [0.29, 0.717) is 23.7 Å². The zero-order valence-electron chi connectivity index (χ0n) is 19.7. The normalized spacial score (nSPS) is 11.9. The van der Waals surface area contributed by atoms with Crippen LogP contribution in [0.1, 0.15) is 74.7 Å². The minimum atomic E-state index is -0.545. The highest BCUT2D eigenvalue weighted by Crippen LogP contribution is 2.19. The van der Waals surface area contributed by atoms with Gasteiger partial charge in [-0.25, -0.2) is 9.59 Å². The average molecular weight is 453 g/mol. The van der Waals surface area contributed by atoms with Crippen molar-refractivity contribution in [2.24, 2.45) is 5.92 Å². The third-order valence-electron chi connectivity index (χ3n) is 5.35. The maximum absolute atomic E-state index is 12.3. The van der Waals surface area contributed by atoms with Gasteiger partial charge in [-0.15, -0.1) is 0 Å². The number of hydrogen-bond donors (Lipinski definition) is 2. The average Bonchev–Trinajstić information content (AvgIpc) is 2.78. The highest BCUT2D eigenvalue weighted by atomic mass is 16.5. The van der Waals surface area contributed by atoms with Crippen LogP contribution in [0.15, 0.2) is 48.5 Å². The van der Waals surface area contributed by atoms with Crippen LogP contribution < -0.4 is 16.2 Å². The van der Waals surface area contributed by atoms with Crippen molar-refractivity contribution in [2.75, 3.05) is 18.1 Å². The summed E-state index contributed by atoms with van der Waals surface area (Å²) in [5.74, 6) is 0.208. The summed E-state index contributed by atoms with van der Waals surface area (Å²) in [6.45, 7) is 4.96. The van der Waals surface area contributed by atoms with Gasteiger partial charge in [0.05, 0.1) is 12.2 Å². The first-order valence-corrected chi connectivity index (χ1v) is 11.7. The largest absolute Gasteiger partial charge is 0.463 e. The lowest BCUT2D eigenvalue weighted by molar-refractivity contribution is -0.137. The van der Waals surface area contributed by atoms with Crippen molar-refractivity contribution in [1.29, 1.82) is 0 Å². The molecular formula is C27H36N2O4. The molecule has 4 N–H and O–H groups in total. The monoisotopic (exact) mass is 452 g/mol. The summed E-state index contributed by atoms with van der Waals surface area (Å²) < 4.78 is 10.6. The molecule has 0 unspecified atom stereocenters. The molecule has 33 heavy (non-hydrogen) atoms. The fraction of sp³-hybridized carbons (Fsp3) is 0.407. The summed E-state index contributed by atoms with van der Waals surface area (Å²) in [4.78, 5) is 24.2. The molecule has 2 aromatic rings. The Hall–Kier alpha value is -3.28. The molecule has 0 amide bonds. The number of carbonyl (C=O) groups is 2. The van der Waals surface area contributed by atoms with Gasteiger partial charge in [0.15, 0.2) is 0 Å². The molecule has 1 atom stereocenters. The Kier molecular flexibility index (Phi) is 11.0. The molecule has 0 heterocycles. The molecule has 6 heteroatoms. The Morgan fingerprint density at radius 2 is 1.58 bits per heavy atom. The Labute approximate surface area is 197 Å². The van der Waals surface area contributed by atoms with Crippen molar-refractivity contribution in [3.63, 3.8) is 0 Å². The zero-order valence-corrected chi connectivity index (χ0v) is 19.7. The molecule has 0 spiro atoms. The Bertz CT molecular complexity index is 902. The maximum atomic E-state index is 12.3.